The first-order valence-corrected chi connectivity index (χ1v) is 6.98. The summed E-state index contributed by atoms with van der Waals surface area (Å²) < 4.78 is 10.6. The molecule has 1 aromatic carbocycles. The van der Waals surface area contributed by atoms with Gasteiger partial charge in [0.1, 0.15) is 5.75 Å². The van der Waals surface area contributed by atoms with Crippen LogP contribution in [0.4, 0.5) is 0 Å². The van der Waals surface area contributed by atoms with Gasteiger partial charge in [0.15, 0.2) is 6.10 Å². The molecule has 1 saturated heterocycles. The van der Waals surface area contributed by atoms with Gasteiger partial charge in [0.05, 0.1) is 19.8 Å². The van der Waals surface area contributed by atoms with Crippen molar-refractivity contribution < 1.29 is 24.2 Å². The Balaban J connectivity index is 2.00. The van der Waals surface area contributed by atoms with Gasteiger partial charge in [-0.05, 0) is 30.7 Å². The van der Waals surface area contributed by atoms with E-state index in [1.54, 1.807) is 24.3 Å². The molecule has 1 atom stereocenters. The fourth-order valence-corrected chi connectivity index (χ4v) is 2.08. The third kappa shape index (κ3) is 3.95. The summed E-state index contributed by atoms with van der Waals surface area (Å²) in [5.41, 5.74) is 0.518. The van der Waals surface area contributed by atoms with E-state index in [2.05, 4.69) is 0 Å². The van der Waals surface area contributed by atoms with Gasteiger partial charge in [-0.1, -0.05) is 6.92 Å². The van der Waals surface area contributed by atoms with Crippen molar-refractivity contribution in [2.75, 3.05) is 26.3 Å². The average Bonchev–Trinajstić information content (AvgIpc) is 2.53. The second kappa shape index (κ2) is 7.08. The fraction of sp³-hybridized carbons (Fsp3) is 0.467. The molecule has 1 unspecified atom stereocenters. The Morgan fingerprint density at radius 2 is 2.10 bits per heavy atom. The van der Waals surface area contributed by atoms with Crippen molar-refractivity contribution in [2.45, 2.75) is 19.4 Å². The Morgan fingerprint density at radius 1 is 1.38 bits per heavy atom. The normalized spacial score (nSPS) is 18.3. The van der Waals surface area contributed by atoms with E-state index in [4.69, 9.17) is 14.6 Å². The zero-order valence-corrected chi connectivity index (χ0v) is 11.9. The maximum Gasteiger partial charge on any atom is 0.334 e. The molecule has 1 aliphatic rings. The van der Waals surface area contributed by atoms with Gasteiger partial charge in [0.25, 0.3) is 5.91 Å². The molecule has 1 amide bonds. The minimum atomic E-state index is -1.05. The predicted molar refractivity (Wildman–Crippen MR) is 75.5 cm³/mol. The Kier molecular flexibility index (Phi) is 5.16. The van der Waals surface area contributed by atoms with Gasteiger partial charge < -0.3 is 19.5 Å². The lowest BCUT2D eigenvalue weighted by atomic mass is 10.1. The number of carboxylic acids is 1. The summed E-state index contributed by atoms with van der Waals surface area (Å²) in [4.78, 5) is 24.8. The van der Waals surface area contributed by atoms with E-state index in [9.17, 15) is 9.59 Å². The van der Waals surface area contributed by atoms with E-state index in [0.717, 1.165) is 12.2 Å². The second-order valence-corrected chi connectivity index (χ2v) is 4.82. The highest BCUT2D eigenvalue weighted by Gasteiger charge is 2.29. The second-order valence-electron chi connectivity index (χ2n) is 4.82. The number of carbonyl (C=O) groups is 2. The van der Waals surface area contributed by atoms with Crippen LogP contribution in [0.2, 0.25) is 0 Å². The molecule has 114 valence electrons. The first-order valence-electron chi connectivity index (χ1n) is 6.98. The summed E-state index contributed by atoms with van der Waals surface area (Å²) in [6.07, 6.45) is -0.0275. The number of carbonyl (C=O) groups excluding carboxylic acids is 1. The van der Waals surface area contributed by atoms with Crippen LogP contribution < -0.4 is 4.74 Å². The molecule has 6 nitrogen and oxygen atoms in total. The summed E-state index contributed by atoms with van der Waals surface area (Å²) in [5, 5.41) is 8.95. The van der Waals surface area contributed by atoms with Crippen molar-refractivity contribution >= 4 is 11.9 Å². The summed E-state index contributed by atoms with van der Waals surface area (Å²) in [7, 11) is 0. The van der Waals surface area contributed by atoms with Crippen molar-refractivity contribution in [2.24, 2.45) is 0 Å². The van der Waals surface area contributed by atoms with E-state index >= 15 is 0 Å². The number of nitrogens with zero attached hydrogens (tertiary/aromatic N) is 1. The van der Waals surface area contributed by atoms with Gasteiger partial charge in [-0.3, -0.25) is 4.79 Å². The molecular formula is C15H19NO5. The third-order valence-corrected chi connectivity index (χ3v) is 3.20. The monoisotopic (exact) mass is 293 g/mol. The van der Waals surface area contributed by atoms with Crippen molar-refractivity contribution in [3.8, 4) is 5.75 Å². The van der Waals surface area contributed by atoms with Crippen molar-refractivity contribution in [3.63, 3.8) is 0 Å². The molecule has 1 N–H and O–H groups in total. The zero-order chi connectivity index (χ0) is 15.2. The lowest BCUT2D eigenvalue weighted by Gasteiger charge is -2.30. The van der Waals surface area contributed by atoms with E-state index in [0.29, 0.717) is 18.7 Å². The van der Waals surface area contributed by atoms with Crippen molar-refractivity contribution in [1.29, 1.82) is 0 Å². The van der Waals surface area contributed by atoms with Gasteiger partial charge in [0.2, 0.25) is 0 Å². The molecule has 6 heteroatoms. The van der Waals surface area contributed by atoms with Gasteiger partial charge >= 0.3 is 5.97 Å². The maximum absolute atomic E-state index is 12.3. The predicted octanol–water partition coefficient (Wildman–Crippen LogP) is 1.40. The summed E-state index contributed by atoms with van der Waals surface area (Å²) in [5.74, 6) is -0.513. The molecule has 0 spiro atoms. The number of rotatable bonds is 5. The number of hydrogen-bond donors (Lipinski definition) is 1. The molecule has 0 bridgehead atoms. The van der Waals surface area contributed by atoms with Crippen LogP contribution in [0, 0.1) is 0 Å². The van der Waals surface area contributed by atoms with E-state index in [1.165, 1.54) is 4.90 Å². The first-order chi connectivity index (χ1) is 10.1. The summed E-state index contributed by atoms with van der Waals surface area (Å²) in [6, 6.07) is 6.88. The highest BCUT2D eigenvalue weighted by Crippen LogP contribution is 2.16. The first kappa shape index (κ1) is 15.3. The maximum atomic E-state index is 12.3. The smallest absolute Gasteiger partial charge is 0.334 e. The number of carboxylic acid groups (broad SMARTS) is 1. The van der Waals surface area contributed by atoms with E-state index in [-0.39, 0.29) is 19.1 Å². The lowest BCUT2D eigenvalue weighted by Crippen LogP contribution is -2.48. The molecular weight excluding hydrogens is 274 g/mol. The minimum Gasteiger partial charge on any atom is -0.494 e. The molecule has 2 rings (SSSR count). The van der Waals surface area contributed by atoms with Crippen LogP contribution in [0.1, 0.15) is 23.7 Å². The molecule has 1 aromatic rings. The van der Waals surface area contributed by atoms with Crippen LogP contribution >= 0.6 is 0 Å². The van der Waals surface area contributed by atoms with Gasteiger partial charge in [-0.25, -0.2) is 4.79 Å². The van der Waals surface area contributed by atoms with Crippen LogP contribution in [0.5, 0.6) is 5.75 Å². The fourth-order valence-electron chi connectivity index (χ4n) is 2.08. The summed E-state index contributed by atoms with van der Waals surface area (Å²) >= 11 is 0. The summed E-state index contributed by atoms with van der Waals surface area (Å²) in [6.45, 7) is 3.37. The molecule has 1 heterocycles. The van der Waals surface area contributed by atoms with Gasteiger partial charge in [0, 0.05) is 12.1 Å². The third-order valence-electron chi connectivity index (χ3n) is 3.20. The van der Waals surface area contributed by atoms with Crippen LogP contribution in [0.3, 0.4) is 0 Å². The van der Waals surface area contributed by atoms with Crippen LogP contribution in [0.25, 0.3) is 0 Å². The zero-order valence-electron chi connectivity index (χ0n) is 11.9. The van der Waals surface area contributed by atoms with Crippen LogP contribution in [-0.4, -0.2) is 54.3 Å². The Bertz CT molecular complexity index is 499. The average molecular weight is 293 g/mol. The molecule has 1 fully saturated rings. The van der Waals surface area contributed by atoms with Crippen LogP contribution in [0.15, 0.2) is 24.3 Å². The lowest BCUT2D eigenvalue weighted by molar-refractivity contribution is -0.154. The topological polar surface area (TPSA) is 76.1 Å². The van der Waals surface area contributed by atoms with Crippen LogP contribution in [-0.2, 0) is 9.53 Å². The van der Waals surface area contributed by atoms with Gasteiger partial charge in [-0.2, -0.15) is 0 Å². The molecule has 0 radical (unpaired) electrons. The van der Waals surface area contributed by atoms with Gasteiger partial charge in [-0.15, -0.1) is 0 Å². The number of benzene rings is 1. The quantitative estimate of drug-likeness (QED) is 0.888. The molecule has 0 aromatic heterocycles. The number of morpholine rings is 1. The standard InChI is InChI=1S/C15H19NO5/c1-2-8-20-12-5-3-11(4-6-12)14(17)16-7-9-21-13(10-16)15(18)19/h3-6,13H,2,7-10H2,1H3,(H,18,19). The SMILES string of the molecule is CCCOc1ccc(C(=O)N2CCOC(C(=O)O)C2)cc1. The Labute approximate surface area is 123 Å². The largest absolute Gasteiger partial charge is 0.494 e. The van der Waals surface area contributed by atoms with E-state index in [1.807, 2.05) is 6.92 Å². The minimum absolute atomic E-state index is 0.0717. The Hall–Kier alpha value is -2.08. The number of ether oxygens (including phenoxy) is 2. The van der Waals surface area contributed by atoms with E-state index < -0.39 is 12.1 Å². The molecule has 21 heavy (non-hydrogen) atoms. The number of aliphatic carboxylic acids is 1. The highest BCUT2D eigenvalue weighted by atomic mass is 16.5. The van der Waals surface area contributed by atoms with Crippen molar-refractivity contribution in [1.82, 2.24) is 4.90 Å². The van der Waals surface area contributed by atoms with Crippen molar-refractivity contribution in [3.05, 3.63) is 29.8 Å². The highest BCUT2D eigenvalue weighted by molar-refractivity contribution is 5.94. The Morgan fingerprint density at radius 3 is 2.71 bits per heavy atom. The molecule has 1 aliphatic heterocycles. The number of amides is 1. The molecule has 0 saturated carbocycles. The number of hydrogen-bond acceptors (Lipinski definition) is 4. The molecule has 0 aliphatic carbocycles.